The molecule has 0 N–H and O–H groups in total. The summed E-state index contributed by atoms with van der Waals surface area (Å²) in [5.74, 6) is 3.12. The second-order valence-electron chi connectivity index (χ2n) is 8.34. The quantitative estimate of drug-likeness (QED) is 0.708. The van der Waals surface area contributed by atoms with E-state index in [0.29, 0.717) is 11.7 Å². The Hall–Kier alpha value is -1.11. The highest BCUT2D eigenvalue weighted by molar-refractivity contribution is 5.79. The molecule has 0 bridgehead atoms. The third-order valence-electron chi connectivity index (χ3n) is 7.50. The fourth-order valence-electron chi connectivity index (χ4n) is 6.47. The molecular formula is C21H28O. The minimum Gasteiger partial charge on any atom is -0.300 e. The predicted octanol–water partition coefficient (Wildman–Crippen LogP) is 5.06. The van der Waals surface area contributed by atoms with Crippen molar-refractivity contribution in [3.63, 3.8) is 0 Å². The van der Waals surface area contributed by atoms with E-state index >= 15 is 0 Å². The normalized spacial score (nSPS) is 39.8. The van der Waals surface area contributed by atoms with E-state index in [2.05, 4.69) is 32.0 Å². The largest absolute Gasteiger partial charge is 0.300 e. The molecule has 0 spiro atoms. The molecule has 0 aliphatic heterocycles. The van der Waals surface area contributed by atoms with Gasteiger partial charge in [0, 0.05) is 5.92 Å². The molecule has 0 radical (unpaired) electrons. The molecule has 3 unspecified atom stereocenters. The first kappa shape index (κ1) is 14.5. The number of hydrogen-bond donors (Lipinski definition) is 0. The van der Waals surface area contributed by atoms with Crippen molar-refractivity contribution in [2.45, 2.75) is 65.2 Å². The Bertz CT molecular complexity index is 616. The molecule has 3 aliphatic carbocycles. The van der Waals surface area contributed by atoms with Crippen LogP contribution < -0.4 is 0 Å². The van der Waals surface area contributed by atoms with E-state index in [-0.39, 0.29) is 5.41 Å². The van der Waals surface area contributed by atoms with Gasteiger partial charge in [-0.05, 0) is 92.2 Å². The topological polar surface area (TPSA) is 17.1 Å². The Morgan fingerprint density at radius 1 is 1.18 bits per heavy atom. The van der Waals surface area contributed by atoms with Crippen LogP contribution in [0.1, 0.15) is 68.6 Å². The maximum Gasteiger partial charge on any atom is 0.133 e. The summed E-state index contributed by atoms with van der Waals surface area (Å²) in [5, 5.41) is 0. The predicted molar refractivity (Wildman–Crippen MR) is 90.0 cm³/mol. The Kier molecular flexibility index (Phi) is 3.25. The minimum atomic E-state index is 0.286. The number of Topliss-reactive ketones (excluding diaryl/α,β-unsaturated/α-hetero) is 1. The van der Waals surface area contributed by atoms with Crippen LogP contribution >= 0.6 is 0 Å². The molecular weight excluding hydrogens is 268 g/mol. The zero-order valence-electron chi connectivity index (χ0n) is 14.2. The van der Waals surface area contributed by atoms with Crippen molar-refractivity contribution in [2.75, 3.05) is 0 Å². The first-order chi connectivity index (χ1) is 10.5. The number of fused-ring (bicyclic) bond motifs is 5. The lowest BCUT2D eigenvalue weighted by molar-refractivity contribution is -0.125. The van der Waals surface area contributed by atoms with Crippen LogP contribution in [0.3, 0.4) is 0 Å². The second kappa shape index (κ2) is 4.94. The van der Waals surface area contributed by atoms with Gasteiger partial charge < -0.3 is 0 Å². The van der Waals surface area contributed by atoms with Crippen molar-refractivity contribution in [3.05, 3.63) is 34.9 Å². The van der Waals surface area contributed by atoms with Crippen LogP contribution in [0.25, 0.3) is 0 Å². The van der Waals surface area contributed by atoms with Crippen LogP contribution in [-0.4, -0.2) is 5.78 Å². The Morgan fingerprint density at radius 2 is 2.00 bits per heavy atom. The monoisotopic (exact) mass is 296 g/mol. The molecule has 0 aromatic heterocycles. The molecule has 2 saturated carbocycles. The van der Waals surface area contributed by atoms with E-state index in [1.54, 1.807) is 11.1 Å². The molecule has 3 aliphatic rings. The van der Waals surface area contributed by atoms with Gasteiger partial charge in [-0.15, -0.1) is 0 Å². The highest BCUT2D eigenvalue weighted by Gasteiger charge is 2.55. The molecule has 22 heavy (non-hydrogen) atoms. The molecule has 0 saturated heterocycles. The molecule has 1 aromatic carbocycles. The summed E-state index contributed by atoms with van der Waals surface area (Å²) >= 11 is 0. The molecule has 118 valence electrons. The summed E-state index contributed by atoms with van der Waals surface area (Å²) in [7, 11) is 0. The smallest absolute Gasteiger partial charge is 0.133 e. The zero-order valence-corrected chi connectivity index (χ0v) is 14.2. The molecule has 5 atom stereocenters. The Labute approximate surface area is 134 Å². The maximum atomic E-state index is 12.1. The number of benzene rings is 1. The Morgan fingerprint density at radius 3 is 2.77 bits per heavy atom. The fourth-order valence-corrected chi connectivity index (χ4v) is 6.47. The van der Waals surface area contributed by atoms with Gasteiger partial charge in [0.15, 0.2) is 0 Å². The average molecular weight is 296 g/mol. The second-order valence-corrected chi connectivity index (χ2v) is 8.34. The van der Waals surface area contributed by atoms with Crippen molar-refractivity contribution >= 4 is 5.78 Å². The van der Waals surface area contributed by atoms with Crippen LogP contribution in [0.5, 0.6) is 0 Å². The lowest BCUT2D eigenvalue weighted by atomic mass is 9.53. The summed E-state index contributed by atoms with van der Waals surface area (Å²) in [4.78, 5) is 12.1. The van der Waals surface area contributed by atoms with Crippen LogP contribution in [0.2, 0.25) is 0 Å². The minimum absolute atomic E-state index is 0.286. The van der Waals surface area contributed by atoms with E-state index in [4.69, 9.17) is 0 Å². The number of carbonyl (C=O) groups excluding carboxylic acids is 1. The van der Waals surface area contributed by atoms with Gasteiger partial charge in [-0.2, -0.15) is 0 Å². The van der Waals surface area contributed by atoms with Gasteiger partial charge in [-0.1, -0.05) is 25.1 Å². The summed E-state index contributed by atoms with van der Waals surface area (Å²) in [6.45, 7) is 6.52. The fraction of sp³-hybridized carbons (Fsp3) is 0.667. The van der Waals surface area contributed by atoms with Crippen molar-refractivity contribution in [2.24, 2.45) is 23.2 Å². The van der Waals surface area contributed by atoms with Gasteiger partial charge in [-0.25, -0.2) is 0 Å². The average Bonchev–Trinajstić information content (AvgIpc) is 2.84. The van der Waals surface area contributed by atoms with Crippen molar-refractivity contribution in [1.29, 1.82) is 0 Å². The molecule has 1 nitrogen and oxygen atoms in total. The highest BCUT2D eigenvalue weighted by atomic mass is 16.1. The summed E-state index contributed by atoms with van der Waals surface area (Å²) in [5.41, 5.74) is 5.05. The van der Waals surface area contributed by atoms with Gasteiger partial charge in [-0.3, -0.25) is 4.79 Å². The van der Waals surface area contributed by atoms with E-state index in [9.17, 15) is 4.79 Å². The van der Waals surface area contributed by atoms with Crippen LogP contribution in [0, 0.1) is 30.1 Å². The van der Waals surface area contributed by atoms with Crippen molar-refractivity contribution in [1.82, 2.24) is 0 Å². The highest BCUT2D eigenvalue weighted by Crippen LogP contribution is 2.63. The molecule has 4 rings (SSSR count). The third-order valence-corrected chi connectivity index (χ3v) is 7.50. The van der Waals surface area contributed by atoms with Crippen LogP contribution in [0.4, 0.5) is 0 Å². The molecule has 0 amide bonds. The lowest BCUT2D eigenvalue weighted by Crippen LogP contribution is -2.43. The van der Waals surface area contributed by atoms with Gasteiger partial charge in [0.05, 0.1) is 0 Å². The van der Waals surface area contributed by atoms with E-state index in [0.717, 1.165) is 24.2 Å². The molecule has 2 fully saturated rings. The van der Waals surface area contributed by atoms with E-state index in [1.165, 1.54) is 37.7 Å². The summed E-state index contributed by atoms with van der Waals surface area (Å²) in [6.07, 6.45) is 7.55. The van der Waals surface area contributed by atoms with Gasteiger partial charge in [0.25, 0.3) is 0 Å². The Balaban J connectivity index is 1.70. The zero-order chi connectivity index (χ0) is 15.5. The molecule has 1 heteroatoms. The van der Waals surface area contributed by atoms with Crippen LogP contribution in [-0.2, 0) is 11.2 Å². The first-order valence-corrected chi connectivity index (χ1v) is 9.11. The van der Waals surface area contributed by atoms with Crippen molar-refractivity contribution < 1.29 is 4.79 Å². The van der Waals surface area contributed by atoms with Gasteiger partial charge in [0.1, 0.15) is 5.78 Å². The number of ketones is 1. The lowest BCUT2D eigenvalue weighted by Gasteiger charge is -2.50. The first-order valence-electron chi connectivity index (χ1n) is 9.11. The van der Waals surface area contributed by atoms with Crippen molar-refractivity contribution in [3.8, 4) is 0 Å². The molecule has 1 aromatic rings. The summed E-state index contributed by atoms with van der Waals surface area (Å²) in [6, 6.07) is 6.91. The van der Waals surface area contributed by atoms with Gasteiger partial charge >= 0.3 is 0 Å². The van der Waals surface area contributed by atoms with E-state index in [1.807, 2.05) is 6.92 Å². The number of rotatable bonds is 1. The number of aryl methyl sites for hydroxylation is 1. The summed E-state index contributed by atoms with van der Waals surface area (Å²) < 4.78 is 0. The number of hydrogen-bond acceptors (Lipinski definition) is 1. The standard InChI is InChI=1S/C21H28O/c1-13-5-4-6-16-15(13)7-8-18-17(16)11-12-21(3)19(14(2)22)9-10-20(18)21/h4-6,17-20H,7-12H2,1-3H3/t17?,18?,19-,20?,21-/m1/s1. The maximum absolute atomic E-state index is 12.1. The number of carbonyl (C=O) groups is 1. The molecule has 0 heterocycles. The van der Waals surface area contributed by atoms with E-state index < -0.39 is 0 Å². The van der Waals surface area contributed by atoms with Gasteiger partial charge in [0.2, 0.25) is 0 Å². The van der Waals surface area contributed by atoms with Crippen LogP contribution in [0.15, 0.2) is 18.2 Å². The SMILES string of the molecule is CC(=O)[C@H]1CCC2C3CCc4c(C)cccc4C3CC[C@@]21C. The third kappa shape index (κ3) is 1.87.